The Kier molecular flexibility index (Phi) is 3.17. The van der Waals surface area contributed by atoms with Crippen LogP contribution in [0, 0.1) is 11.6 Å². The van der Waals surface area contributed by atoms with E-state index in [-0.39, 0.29) is 16.6 Å². The fourth-order valence-electron chi connectivity index (χ4n) is 2.12. The summed E-state index contributed by atoms with van der Waals surface area (Å²) in [5, 5.41) is 1.52. The molecule has 0 amide bonds. The highest BCUT2D eigenvalue weighted by molar-refractivity contribution is 6.51. The first-order valence-electron chi connectivity index (χ1n) is 5.54. The van der Waals surface area contributed by atoms with Crippen molar-refractivity contribution in [2.24, 2.45) is 0 Å². The van der Waals surface area contributed by atoms with Crippen molar-refractivity contribution in [2.45, 2.75) is 22.8 Å². The van der Waals surface area contributed by atoms with Crippen LogP contribution in [0.3, 0.4) is 0 Å². The van der Waals surface area contributed by atoms with E-state index < -0.39 is 22.0 Å². The van der Waals surface area contributed by atoms with Gasteiger partial charge < -0.3 is 4.84 Å². The third-order valence-corrected chi connectivity index (χ3v) is 4.28. The van der Waals surface area contributed by atoms with E-state index in [9.17, 15) is 8.78 Å². The molecule has 0 saturated heterocycles. The Morgan fingerprint density at radius 3 is 2.37 bits per heavy atom. The first-order valence-corrected chi connectivity index (χ1v) is 6.67. The largest absolute Gasteiger partial charge is 0.411 e. The van der Waals surface area contributed by atoms with Gasteiger partial charge in [-0.25, -0.2) is 8.78 Å². The minimum Gasteiger partial charge on any atom is -0.411 e. The van der Waals surface area contributed by atoms with Gasteiger partial charge in [-0.15, -0.1) is 5.06 Å². The van der Waals surface area contributed by atoms with Crippen molar-refractivity contribution in [1.82, 2.24) is 5.06 Å². The zero-order valence-electron chi connectivity index (χ0n) is 9.42. The molecule has 3 rings (SSSR count). The molecular weight excluding hydrogens is 318 g/mol. The summed E-state index contributed by atoms with van der Waals surface area (Å²) in [6, 6.07) is 2.40. The average Bonchev–Trinajstić information content (AvgIpc) is 2.78. The molecule has 0 N–H and O–H groups in total. The van der Waals surface area contributed by atoms with Gasteiger partial charge in [-0.2, -0.15) is 0 Å². The van der Waals surface area contributed by atoms with Crippen molar-refractivity contribution in [3.05, 3.63) is 46.7 Å². The van der Waals surface area contributed by atoms with Gasteiger partial charge in [0, 0.05) is 12.0 Å². The Labute approximate surface area is 123 Å². The third-order valence-electron chi connectivity index (χ3n) is 3.18. The number of rotatable bonds is 2. The number of nitrogens with zero attached hydrogens (tertiary/aromatic N) is 1. The summed E-state index contributed by atoms with van der Waals surface area (Å²) >= 11 is 17.9. The van der Waals surface area contributed by atoms with Gasteiger partial charge in [0.15, 0.2) is 0 Å². The number of benzene rings is 1. The van der Waals surface area contributed by atoms with Crippen molar-refractivity contribution in [3.63, 3.8) is 0 Å². The molecule has 1 aliphatic carbocycles. The molecule has 0 radical (unpaired) electrons. The Morgan fingerprint density at radius 1 is 1.26 bits per heavy atom. The SMILES string of the molecule is Fc1cccc(F)c1C1C(Cl)=CON1C1CC1(Cl)Cl. The Bertz CT molecular complexity index is 544. The molecular formula is C12H8Cl3F2NO. The number of hydroxylamine groups is 2. The summed E-state index contributed by atoms with van der Waals surface area (Å²) in [5.74, 6) is -1.38. The molecule has 0 spiro atoms. The molecule has 2 aliphatic rings. The van der Waals surface area contributed by atoms with E-state index in [1.165, 1.54) is 29.5 Å². The molecule has 1 fully saturated rings. The molecule has 1 saturated carbocycles. The van der Waals surface area contributed by atoms with E-state index >= 15 is 0 Å². The van der Waals surface area contributed by atoms with Crippen molar-refractivity contribution < 1.29 is 13.6 Å². The molecule has 1 aromatic carbocycles. The molecule has 2 nitrogen and oxygen atoms in total. The van der Waals surface area contributed by atoms with Crippen molar-refractivity contribution >= 4 is 34.8 Å². The molecule has 2 atom stereocenters. The van der Waals surface area contributed by atoms with Crippen LogP contribution in [0.1, 0.15) is 18.0 Å². The maximum Gasteiger partial charge on any atom is 0.138 e. The Balaban J connectivity index is 1.99. The monoisotopic (exact) mass is 325 g/mol. The van der Waals surface area contributed by atoms with Gasteiger partial charge in [0.05, 0.1) is 11.1 Å². The standard InChI is InChI=1S/C12H8Cl3F2NO/c13-6-5-19-18(9-4-12(9,14)15)11(6)10-7(16)2-1-3-8(10)17/h1-3,5,9,11H,4H2. The Hall–Kier alpha value is -0.550. The highest BCUT2D eigenvalue weighted by atomic mass is 35.5. The second-order valence-corrected chi connectivity index (χ2v) is 6.47. The van der Waals surface area contributed by atoms with Crippen LogP contribution >= 0.6 is 34.8 Å². The van der Waals surface area contributed by atoms with Gasteiger partial charge in [-0.05, 0) is 12.1 Å². The minimum atomic E-state index is -0.977. The van der Waals surface area contributed by atoms with Gasteiger partial charge in [-0.3, -0.25) is 0 Å². The molecule has 1 aliphatic heterocycles. The van der Waals surface area contributed by atoms with E-state index in [1.807, 2.05) is 0 Å². The fraction of sp³-hybridized carbons (Fsp3) is 0.333. The van der Waals surface area contributed by atoms with E-state index in [0.29, 0.717) is 6.42 Å². The fourth-order valence-corrected chi connectivity index (χ4v) is 2.85. The molecule has 0 aromatic heterocycles. The zero-order chi connectivity index (χ0) is 13.8. The van der Waals surface area contributed by atoms with Crippen LogP contribution in [0.2, 0.25) is 0 Å². The highest BCUT2D eigenvalue weighted by Gasteiger charge is 2.60. The van der Waals surface area contributed by atoms with Crippen molar-refractivity contribution in [3.8, 4) is 0 Å². The summed E-state index contributed by atoms with van der Waals surface area (Å²) in [4.78, 5) is 5.24. The number of halogens is 5. The highest BCUT2D eigenvalue weighted by Crippen LogP contribution is 2.55. The summed E-state index contributed by atoms with van der Waals surface area (Å²) in [6.07, 6.45) is 1.68. The van der Waals surface area contributed by atoms with Crippen LogP contribution in [-0.4, -0.2) is 15.4 Å². The topological polar surface area (TPSA) is 12.5 Å². The van der Waals surface area contributed by atoms with Gasteiger partial charge in [0.1, 0.15) is 28.3 Å². The zero-order valence-corrected chi connectivity index (χ0v) is 11.7. The first kappa shape index (κ1) is 13.4. The normalized spacial score (nSPS) is 29.0. The molecule has 102 valence electrons. The lowest BCUT2D eigenvalue weighted by Crippen LogP contribution is -2.30. The summed E-state index contributed by atoms with van der Waals surface area (Å²) in [6.45, 7) is 0. The predicted octanol–water partition coefficient (Wildman–Crippen LogP) is 4.28. The van der Waals surface area contributed by atoms with Crippen molar-refractivity contribution in [1.29, 1.82) is 0 Å². The van der Waals surface area contributed by atoms with Crippen LogP contribution in [0.4, 0.5) is 8.78 Å². The van der Waals surface area contributed by atoms with Gasteiger partial charge in [0.25, 0.3) is 0 Å². The van der Waals surface area contributed by atoms with Crippen LogP contribution in [0.5, 0.6) is 0 Å². The minimum absolute atomic E-state index is 0.169. The molecule has 7 heteroatoms. The van der Waals surface area contributed by atoms with Crippen LogP contribution < -0.4 is 0 Å². The summed E-state index contributed by atoms with van der Waals surface area (Å²) in [5.41, 5.74) is -0.169. The van der Waals surface area contributed by atoms with E-state index in [2.05, 4.69) is 0 Å². The molecule has 1 heterocycles. The second-order valence-electron chi connectivity index (χ2n) is 4.49. The quantitative estimate of drug-likeness (QED) is 0.752. The van der Waals surface area contributed by atoms with Gasteiger partial charge >= 0.3 is 0 Å². The maximum absolute atomic E-state index is 13.9. The maximum atomic E-state index is 13.9. The molecule has 19 heavy (non-hydrogen) atoms. The summed E-state index contributed by atoms with van der Waals surface area (Å²) in [7, 11) is 0. The van der Waals surface area contributed by atoms with Crippen LogP contribution in [0.15, 0.2) is 29.5 Å². The average molecular weight is 327 g/mol. The third kappa shape index (κ3) is 2.21. The molecule has 2 unspecified atom stereocenters. The van der Waals surface area contributed by atoms with Gasteiger partial charge in [-0.1, -0.05) is 40.9 Å². The van der Waals surface area contributed by atoms with E-state index in [4.69, 9.17) is 39.6 Å². The van der Waals surface area contributed by atoms with Crippen molar-refractivity contribution in [2.75, 3.05) is 0 Å². The van der Waals surface area contributed by atoms with E-state index in [0.717, 1.165) is 0 Å². The molecule has 0 bridgehead atoms. The second kappa shape index (κ2) is 4.48. The Morgan fingerprint density at radius 2 is 1.84 bits per heavy atom. The summed E-state index contributed by atoms with van der Waals surface area (Å²) < 4.78 is 26.7. The number of hydrogen-bond donors (Lipinski definition) is 0. The number of alkyl halides is 2. The molecule has 1 aromatic rings. The van der Waals surface area contributed by atoms with Crippen LogP contribution in [-0.2, 0) is 4.84 Å². The lowest BCUT2D eigenvalue weighted by Gasteiger charge is -2.24. The predicted molar refractivity (Wildman–Crippen MR) is 68.8 cm³/mol. The van der Waals surface area contributed by atoms with Gasteiger partial charge in [0.2, 0.25) is 0 Å². The smallest absolute Gasteiger partial charge is 0.138 e. The first-order chi connectivity index (χ1) is 8.92. The van der Waals surface area contributed by atoms with E-state index in [1.54, 1.807) is 0 Å². The lowest BCUT2D eigenvalue weighted by molar-refractivity contribution is -0.115. The lowest BCUT2D eigenvalue weighted by atomic mass is 10.1. The van der Waals surface area contributed by atoms with Crippen LogP contribution in [0.25, 0.3) is 0 Å². The number of hydrogen-bond acceptors (Lipinski definition) is 2.